The van der Waals surface area contributed by atoms with E-state index in [-0.39, 0.29) is 23.1 Å². The SMILES string of the molecule is CCN(C(=O)COC(=O)/C=C/c1ccccc1F)[C@@H]1CCS(=O)(=O)C1. The maximum Gasteiger partial charge on any atom is 0.331 e. The third-order valence-corrected chi connectivity index (χ3v) is 5.70. The van der Waals surface area contributed by atoms with Gasteiger partial charge in [-0.25, -0.2) is 17.6 Å². The molecule has 1 fully saturated rings. The zero-order valence-corrected chi connectivity index (χ0v) is 14.7. The van der Waals surface area contributed by atoms with Crippen molar-refractivity contribution in [1.82, 2.24) is 4.90 Å². The van der Waals surface area contributed by atoms with E-state index in [0.717, 1.165) is 6.08 Å². The first kappa shape index (κ1) is 19.1. The van der Waals surface area contributed by atoms with E-state index < -0.39 is 34.1 Å². The minimum absolute atomic E-state index is 0.0618. The lowest BCUT2D eigenvalue weighted by Crippen LogP contribution is -2.43. The first-order chi connectivity index (χ1) is 11.8. The Morgan fingerprint density at radius 3 is 2.68 bits per heavy atom. The Morgan fingerprint density at radius 2 is 2.08 bits per heavy atom. The van der Waals surface area contributed by atoms with Crippen molar-refractivity contribution in [2.75, 3.05) is 24.7 Å². The molecule has 6 nitrogen and oxygen atoms in total. The van der Waals surface area contributed by atoms with Crippen LogP contribution in [-0.2, 0) is 24.2 Å². The van der Waals surface area contributed by atoms with Crippen LogP contribution in [0.2, 0.25) is 0 Å². The van der Waals surface area contributed by atoms with Crippen molar-refractivity contribution in [1.29, 1.82) is 0 Å². The summed E-state index contributed by atoms with van der Waals surface area (Å²) in [4.78, 5) is 25.3. The van der Waals surface area contributed by atoms with Crippen LogP contribution in [-0.4, -0.2) is 55.9 Å². The average Bonchev–Trinajstić information content (AvgIpc) is 2.92. The number of ether oxygens (including phenoxy) is 1. The Hall–Kier alpha value is -2.22. The predicted molar refractivity (Wildman–Crippen MR) is 90.8 cm³/mol. The lowest BCUT2D eigenvalue weighted by atomic mass is 10.2. The number of carbonyl (C=O) groups excluding carboxylic acids is 2. The zero-order chi connectivity index (χ0) is 18.4. The molecule has 0 radical (unpaired) electrons. The normalized spacial score (nSPS) is 19.0. The number of sulfone groups is 1. The van der Waals surface area contributed by atoms with E-state index in [1.54, 1.807) is 13.0 Å². The van der Waals surface area contributed by atoms with Gasteiger partial charge in [-0.05, 0) is 25.5 Å². The molecule has 0 N–H and O–H groups in total. The molecule has 0 unspecified atom stereocenters. The highest BCUT2D eigenvalue weighted by molar-refractivity contribution is 7.91. The van der Waals surface area contributed by atoms with Gasteiger partial charge in [0.25, 0.3) is 5.91 Å². The topological polar surface area (TPSA) is 80.8 Å². The second kappa shape index (κ2) is 8.24. The molecule has 0 aliphatic carbocycles. The van der Waals surface area contributed by atoms with Gasteiger partial charge in [-0.2, -0.15) is 0 Å². The van der Waals surface area contributed by atoms with Crippen molar-refractivity contribution >= 4 is 27.8 Å². The highest BCUT2D eigenvalue weighted by Gasteiger charge is 2.34. The number of likely N-dealkylation sites (N-methyl/N-ethyl adjacent to an activating group) is 1. The lowest BCUT2D eigenvalue weighted by Gasteiger charge is -2.26. The molecule has 2 rings (SSSR count). The van der Waals surface area contributed by atoms with E-state index >= 15 is 0 Å². The highest BCUT2D eigenvalue weighted by atomic mass is 32.2. The van der Waals surface area contributed by atoms with Crippen LogP contribution >= 0.6 is 0 Å². The van der Waals surface area contributed by atoms with Crippen molar-refractivity contribution in [3.63, 3.8) is 0 Å². The van der Waals surface area contributed by atoms with Crippen molar-refractivity contribution in [3.8, 4) is 0 Å². The molecule has 1 heterocycles. The second-order valence-electron chi connectivity index (χ2n) is 5.70. The molecule has 1 amide bonds. The number of halogens is 1. The molecular formula is C17H20FNO5S. The average molecular weight is 369 g/mol. The molecule has 0 aromatic heterocycles. The molecule has 0 bridgehead atoms. The molecule has 25 heavy (non-hydrogen) atoms. The minimum Gasteiger partial charge on any atom is -0.452 e. The van der Waals surface area contributed by atoms with Crippen LogP contribution in [0, 0.1) is 5.82 Å². The Morgan fingerprint density at radius 1 is 1.36 bits per heavy atom. The quantitative estimate of drug-likeness (QED) is 0.560. The third kappa shape index (κ3) is 5.38. The maximum atomic E-state index is 13.4. The van der Waals surface area contributed by atoms with Crippen molar-refractivity contribution in [2.45, 2.75) is 19.4 Å². The molecule has 8 heteroatoms. The number of hydrogen-bond donors (Lipinski definition) is 0. The number of amides is 1. The molecule has 1 aliphatic rings. The summed E-state index contributed by atoms with van der Waals surface area (Å²) in [6.45, 7) is 1.59. The van der Waals surface area contributed by atoms with Crippen LogP contribution in [0.5, 0.6) is 0 Å². The van der Waals surface area contributed by atoms with Gasteiger partial charge in [0.05, 0.1) is 11.5 Å². The fourth-order valence-corrected chi connectivity index (χ4v) is 4.42. The van der Waals surface area contributed by atoms with Gasteiger partial charge in [0, 0.05) is 24.2 Å². The van der Waals surface area contributed by atoms with Crippen LogP contribution in [0.25, 0.3) is 6.08 Å². The summed E-state index contributed by atoms with van der Waals surface area (Å²) in [5.74, 6) is -1.69. The lowest BCUT2D eigenvalue weighted by molar-refractivity contribution is -0.149. The van der Waals surface area contributed by atoms with Crippen molar-refractivity contribution < 1.29 is 27.1 Å². The molecule has 0 spiro atoms. The standard InChI is InChI=1S/C17H20FNO5S/c1-2-19(14-9-10-25(22,23)12-14)16(20)11-24-17(21)8-7-13-5-3-4-6-15(13)18/h3-8,14H,2,9-12H2,1H3/b8-7+/t14-/m1/s1. The van der Waals surface area contributed by atoms with Gasteiger partial charge < -0.3 is 9.64 Å². The summed E-state index contributed by atoms with van der Waals surface area (Å²) in [5, 5.41) is 0. The van der Waals surface area contributed by atoms with Crippen LogP contribution < -0.4 is 0 Å². The number of benzene rings is 1. The fraction of sp³-hybridized carbons (Fsp3) is 0.412. The van der Waals surface area contributed by atoms with Crippen LogP contribution in [0.15, 0.2) is 30.3 Å². The Kier molecular flexibility index (Phi) is 6.30. The number of rotatable bonds is 6. The van der Waals surface area contributed by atoms with Gasteiger partial charge in [0.15, 0.2) is 16.4 Å². The molecule has 1 atom stereocenters. The summed E-state index contributed by atoms with van der Waals surface area (Å²) in [7, 11) is -3.11. The molecule has 1 aromatic carbocycles. The van der Waals surface area contributed by atoms with E-state index in [4.69, 9.17) is 4.74 Å². The number of hydrogen-bond acceptors (Lipinski definition) is 5. The van der Waals surface area contributed by atoms with Crippen LogP contribution in [0.1, 0.15) is 18.9 Å². The first-order valence-corrected chi connectivity index (χ1v) is 9.74. The summed E-state index contributed by atoms with van der Waals surface area (Å²) >= 11 is 0. The monoisotopic (exact) mass is 369 g/mol. The van der Waals surface area contributed by atoms with E-state index in [1.807, 2.05) is 0 Å². The first-order valence-electron chi connectivity index (χ1n) is 7.91. The van der Waals surface area contributed by atoms with Crippen LogP contribution in [0.4, 0.5) is 4.39 Å². The van der Waals surface area contributed by atoms with Gasteiger partial charge in [0.1, 0.15) is 5.82 Å². The molecule has 136 valence electrons. The van der Waals surface area contributed by atoms with Gasteiger partial charge in [-0.1, -0.05) is 18.2 Å². The molecule has 0 saturated carbocycles. The largest absolute Gasteiger partial charge is 0.452 e. The van der Waals surface area contributed by atoms with Gasteiger partial charge >= 0.3 is 5.97 Å². The molecule has 1 aliphatic heterocycles. The highest BCUT2D eigenvalue weighted by Crippen LogP contribution is 2.17. The second-order valence-corrected chi connectivity index (χ2v) is 7.93. The Bertz CT molecular complexity index is 775. The van der Waals surface area contributed by atoms with Crippen molar-refractivity contribution in [3.05, 3.63) is 41.7 Å². The van der Waals surface area contributed by atoms with Gasteiger partial charge in [-0.3, -0.25) is 4.79 Å². The van der Waals surface area contributed by atoms with Gasteiger partial charge in [-0.15, -0.1) is 0 Å². The summed E-state index contributed by atoms with van der Waals surface area (Å²) in [6, 6.07) is 5.56. The van der Waals surface area contributed by atoms with E-state index in [0.29, 0.717) is 13.0 Å². The van der Waals surface area contributed by atoms with Gasteiger partial charge in [0.2, 0.25) is 0 Å². The predicted octanol–water partition coefficient (Wildman–Crippen LogP) is 1.42. The van der Waals surface area contributed by atoms with E-state index in [2.05, 4.69) is 0 Å². The minimum atomic E-state index is -3.11. The molecule has 1 saturated heterocycles. The summed E-state index contributed by atoms with van der Waals surface area (Å²) in [5.41, 5.74) is 0.233. The third-order valence-electron chi connectivity index (χ3n) is 3.95. The smallest absolute Gasteiger partial charge is 0.331 e. The molecular weight excluding hydrogens is 349 g/mol. The molecule has 1 aromatic rings. The zero-order valence-electron chi connectivity index (χ0n) is 13.9. The number of nitrogens with zero attached hydrogens (tertiary/aromatic N) is 1. The fourth-order valence-electron chi connectivity index (χ4n) is 2.69. The number of carbonyl (C=O) groups is 2. The van der Waals surface area contributed by atoms with E-state index in [9.17, 15) is 22.4 Å². The van der Waals surface area contributed by atoms with Crippen molar-refractivity contribution in [2.24, 2.45) is 0 Å². The Balaban J connectivity index is 1.88. The van der Waals surface area contributed by atoms with Crippen LogP contribution in [0.3, 0.4) is 0 Å². The Labute approximate surface area is 146 Å². The van der Waals surface area contributed by atoms with E-state index in [1.165, 1.54) is 29.2 Å². The summed E-state index contributed by atoms with van der Waals surface area (Å²) < 4.78 is 41.4. The summed E-state index contributed by atoms with van der Waals surface area (Å²) in [6.07, 6.45) is 2.70. The maximum absolute atomic E-state index is 13.4. The number of esters is 1.